The monoisotopic (exact) mass is 421 g/mol. The highest BCUT2D eigenvalue weighted by Crippen LogP contribution is 2.32. The van der Waals surface area contributed by atoms with Gasteiger partial charge < -0.3 is 20.7 Å². The Kier molecular flexibility index (Phi) is 5.65. The van der Waals surface area contributed by atoms with Crippen molar-refractivity contribution in [2.45, 2.75) is 39.8 Å². The summed E-state index contributed by atoms with van der Waals surface area (Å²) in [6.45, 7) is 7.76. The van der Waals surface area contributed by atoms with E-state index in [1.807, 2.05) is 32.0 Å². The van der Waals surface area contributed by atoms with E-state index in [9.17, 15) is 4.79 Å². The molecule has 1 aromatic heterocycles. The summed E-state index contributed by atoms with van der Waals surface area (Å²) < 4.78 is 11.2. The molecule has 4 N–H and O–H groups in total. The van der Waals surface area contributed by atoms with E-state index in [4.69, 9.17) is 20.7 Å². The Labute approximate surface area is 181 Å². The van der Waals surface area contributed by atoms with Crippen molar-refractivity contribution in [3.8, 4) is 28.6 Å². The van der Waals surface area contributed by atoms with Gasteiger partial charge in [-0.05, 0) is 62.1 Å². The number of benzene rings is 2. The van der Waals surface area contributed by atoms with E-state index in [-0.39, 0.29) is 18.6 Å². The van der Waals surface area contributed by atoms with Crippen molar-refractivity contribution in [1.29, 1.82) is 0 Å². The zero-order chi connectivity index (χ0) is 22.1. The summed E-state index contributed by atoms with van der Waals surface area (Å²) in [5.74, 6) is 1.27. The van der Waals surface area contributed by atoms with Crippen LogP contribution in [0.1, 0.15) is 30.5 Å². The van der Waals surface area contributed by atoms with E-state index < -0.39 is 0 Å². The molecular weight excluding hydrogens is 394 g/mol. The number of carbonyl (C=O) groups is 1. The first-order valence-electron chi connectivity index (χ1n) is 10.3. The third-order valence-electron chi connectivity index (χ3n) is 5.43. The summed E-state index contributed by atoms with van der Waals surface area (Å²) in [6.07, 6.45) is 0.888. The van der Waals surface area contributed by atoms with Gasteiger partial charge in [-0.1, -0.05) is 17.3 Å². The number of nitrogens with two attached hydrogens (primary N) is 2. The Balaban J connectivity index is 1.59. The average molecular weight is 422 g/mol. The van der Waals surface area contributed by atoms with E-state index in [1.165, 1.54) is 11.1 Å². The standard InChI is InChI=1S/C23H27N5O3/c1-13(2)30-20-7-5-15(10-19(20)24)23-26-22(27-31-23)18-6-4-16-11-28(12-21(25)29)9-8-17(16)14(18)3/h4-7,10,13H,8-9,11-12,24H2,1-3H3,(H2,25,29). The van der Waals surface area contributed by atoms with Crippen LogP contribution in [0.3, 0.4) is 0 Å². The lowest BCUT2D eigenvalue weighted by atomic mass is 9.91. The third kappa shape index (κ3) is 4.39. The van der Waals surface area contributed by atoms with Crippen LogP contribution in [-0.2, 0) is 17.8 Å². The van der Waals surface area contributed by atoms with Crippen molar-refractivity contribution in [3.63, 3.8) is 0 Å². The van der Waals surface area contributed by atoms with Gasteiger partial charge in [-0.3, -0.25) is 9.69 Å². The largest absolute Gasteiger partial charge is 0.489 e. The number of aromatic nitrogens is 2. The van der Waals surface area contributed by atoms with Crippen molar-refractivity contribution in [1.82, 2.24) is 15.0 Å². The second kappa shape index (κ2) is 8.39. The number of amides is 1. The molecule has 8 nitrogen and oxygen atoms in total. The summed E-state index contributed by atoms with van der Waals surface area (Å²) in [4.78, 5) is 17.9. The molecule has 1 aliphatic heterocycles. The lowest BCUT2D eigenvalue weighted by Gasteiger charge is -2.29. The highest BCUT2D eigenvalue weighted by molar-refractivity contribution is 5.76. The van der Waals surface area contributed by atoms with Crippen molar-refractivity contribution < 1.29 is 14.1 Å². The Bertz CT molecular complexity index is 1120. The first kappa shape index (κ1) is 20.9. The fourth-order valence-corrected chi connectivity index (χ4v) is 3.99. The molecule has 0 aliphatic carbocycles. The summed E-state index contributed by atoms with van der Waals surface area (Å²) in [5.41, 5.74) is 17.3. The van der Waals surface area contributed by atoms with Gasteiger partial charge in [0.25, 0.3) is 5.89 Å². The van der Waals surface area contributed by atoms with Gasteiger partial charge >= 0.3 is 0 Å². The lowest BCUT2D eigenvalue weighted by molar-refractivity contribution is -0.119. The lowest BCUT2D eigenvalue weighted by Crippen LogP contribution is -2.37. The normalized spacial score (nSPS) is 13.9. The maximum Gasteiger partial charge on any atom is 0.258 e. The molecule has 1 aliphatic rings. The Hall–Kier alpha value is -3.39. The predicted octanol–water partition coefficient (Wildman–Crippen LogP) is 2.92. The molecule has 8 heteroatoms. The van der Waals surface area contributed by atoms with Gasteiger partial charge in [-0.2, -0.15) is 4.98 Å². The van der Waals surface area contributed by atoms with Crippen LogP contribution >= 0.6 is 0 Å². The van der Waals surface area contributed by atoms with Gasteiger partial charge in [0.2, 0.25) is 11.7 Å². The second-order valence-corrected chi connectivity index (χ2v) is 8.15. The van der Waals surface area contributed by atoms with Crippen LogP contribution in [0.15, 0.2) is 34.9 Å². The number of rotatable bonds is 6. The Morgan fingerprint density at radius 3 is 2.81 bits per heavy atom. The topological polar surface area (TPSA) is 120 Å². The van der Waals surface area contributed by atoms with Gasteiger partial charge in [-0.15, -0.1) is 0 Å². The number of fused-ring (bicyclic) bond motifs is 1. The summed E-state index contributed by atoms with van der Waals surface area (Å²) in [6, 6.07) is 9.53. The fraction of sp³-hybridized carbons (Fsp3) is 0.348. The molecule has 31 heavy (non-hydrogen) atoms. The number of nitrogen functional groups attached to an aromatic ring is 1. The molecule has 0 spiro atoms. The zero-order valence-electron chi connectivity index (χ0n) is 18.0. The van der Waals surface area contributed by atoms with Crippen molar-refractivity contribution in [3.05, 3.63) is 47.0 Å². The minimum atomic E-state index is -0.305. The van der Waals surface area contributed by atoms with Gasteiger partial charge in [-0.25, -0.2) is 0 Å². The number of hydrogen-bond donors (Lipinski definition) is 2. The minimum absolute atomic E-state index is 0.0398. The zero-order valence-corrected chi connectivity index (χ0v) is 18.0. The summed E-state index contributed by atoms with van der Waals surface area (Å²) in [7, 11) is 0. The van der Waals surface area contributed by atoms with Gasteiger partial charge in [0.15, 0.2) is 0 Å². The molecule has 0 saturated carbocycles. The van der Waals surface area contributed by atoms with Gasteiger partial charge in [0.05, 0.1) is 18.3 Å². The van der Waals surface area contributed by atoms with Crippen LogP contribution in [-0.4, -0.2) is 40.1 Å². The number of carbonyl (C=O) groups excluding carboxylic acids is 1. The molecule has 0 saturated heterocycles. The molecule has 2 heterocycles. The van der Waals surface area contributed by atoms with Crippen LogP contribution in [0, 0.1) is 6.92 Å². The molecular formula is C23H27N5O3. The van der Waals surface area contributed by atoms with Crippen LogP contribution in [0.4, 0.5) is 5.69 Å². The van der Waals surface area contributed by atoms with Crippen LogP contribution in [0.5, 0.6) is 5.75 Å². The molecule has 0 bridgehead atoms. The van der Waals surface area contributed by atoms with E-state index >= 15 is 0 Å². The van der Waals surface area contributed by atoms with Gasteiger partial charge in [0, 0.05) is 24.2 Å². The molecule has 0 radical (unpaired) electrons. The Morgan fingerprint density at radius 2 is 2.10 bits per heavy atom. The minimum Gasteiger partial charge on any atom is -0.489 e. The molecule has 2 aromatic carbocycles. The second-order valence-electron chi connectivity index (χ2n) is 8.15. The molecule has 162 valence electrons. The summed E-state index contributed by atoms with van der Waals surface area (Å²) in [5, 5.41) is 4.20. The fourth-order valence-electron chi connectivity index (χ4n) is 3.99. The third-order valence-corrected chi connectivity index (χ3v) is 5.43. The maximum atomic E-state index is 11.2. The van der Waals surface area contributed by atoms with Crippen LogP contribution < -0.4 is 16.2 Å². The number of ether oxygens (including phenoxy) is 1. The van der Waals surface area contributed by atoms with E-state index in [2.05, 4.69) is 28.0 Å². The SMILES string of the molecule is Cc1c(-c2noc(-c3ccc(OC(C)C)c(N)c3)n2)ccc2c1CCN(CC(N)=O)C2. The number of nitrogens with zero attached hydrogens (tertiary/aromatic N) is 3. The molecule has 0 fully saturated rings. The molecule has 3 aromatic rings. The Morgan fingerprint density at radius 1 is 1.29 bits per heavy atom. The highest BCUT2D eigenvalue weighted by Gasteiger charge is 2.22. The average Bonchev–Trinajstić information content (AvgIpc) is 3.19. The maximum absolute atomic E-state index is 11.2. The predicted molar refractivity (Wildman–Crippen MR) is 118 cm³/mol. The van der Waals surface area contributed by atoms with Crippen LogP contribution in [0.25, 0.3) is 22.8 Å². The summed E-state index contributed by atoms with van der Waals surface area (Å²) >= 11 is 0. The first-order chi connectivity index (χ1) is 14.8. The number of primary amides is 1. The highest BCUT2D eigenvalue weighted by atomic mass is 16.5. The van der Waals surface area contributed by atoms with E-state index in [0.29, 0.717) is 29.7 Å². The van der Waals surface area contributed by atoms with Crippen LogP contribution in [0.2, 0.25) is 0 Å². The number of anilines is 1. The van der Waals surface area contributed by atoms with Crippen molar-refractivity contribution >= 4 is 11.6 Å². The smallest absolute Gasteiger partial charge is 0.258 e. The number of hydrogen-bond acceptors (Lipinski definition) is 7. The molecule has 0 unspecified atom stereocenters. The van der Waals surface area contributed by atoms with Gasteiger partial charge in [0.1, 0.15) is 5.75 Å². The molecule has 4 rings (SSSR count). The van der Waals surface area contributed by atoms with E-state index in [1.54, 1.807) is 6.07 Å². The molecule has 0 atom stereocenters. The molecule has 1 amide bonds. The van der Waals surface area contributed by atoms with Crippen molar-refractivity contribution in [2.24, 2.45) is 5.73 Å². The van der Waals surface area contributed by atoms with Crippen molar-refractivity contribution in [2.75, 3.05) is 18.8 Å². The van der Waals surface area contributed by atoms with E-state index in [0.717, 1.165) is 29.7 Å². The first-order valence-corrected chi connectivity index (χ1v) is 10.3. The quantitative estimate of drug-likeness (QED) is 0.587.